The molecule has 0 saturated heterocycles. The Hall–Kier alpha value is -0.204. The van der Waals surface area contributed by atoms with Crippen LogP contribution in [0.1, 0.15) is 27.6 Å². The van der Waals surface area contributed by atoms with Crippen LogP contribution in [-0.4, -0.2) is 18.5 Å². The first-order valence-corrected chi connectivity index (χ1v) is 4.13. The van der Waals surface area contributed by atoms with Crippen LogP contribution in [0.2, 0.25) is 0 Å². The van der Waals surface area contributed by atoms with Crippen molar-refractivity contribution in [2.45, 2.75) is 6.92 Å². The third kappa shape index (κ3) is 4.44. The Kier molecular flexibility index (Phi) is 7.04. The number of ether oxygens (including phenoxy) is 1. The van der Waals surface area contributed by atoms with E-state index < -0.39 is 11.9 Å². The Bertz CT molecular complexity index is 345. The molecule has 74 valence electrons. The number of hydrogen-bond donors (Lipinski definition) is 0. The molecule has 0 aliphatic heterocycles. The van der Waals surface area contributed by atoms with Crippen LogP contribution in [0.5, 0.6) is 0 Å². The van der Waals surface area contributed by atoms with Crippen molar-refractivity contribution in [3.63, 3.8) is 0 Å². The average molecular weight is 232 g/mol. The molecule has 0 bridgehead atoms. The van der Waals surface area contributed by atoms with E-state index in [0.29, 0.717) is 12.2 Å². The number of carboxylic acid groups (broad SMARTS) is 1. The van der Waals surface area contributed by atoms with E-state index in [0.717, 1.165) is 0 Å². The van der Waals surface area contributed by atoms with Crippen LogP contribution in [0.3, 0.4) is 0 Å². The van der Waals surface area contributed by atoms with Gasteiger partial charge in [0.2, 0.25) is 0 Å². The summed E-state index contributed by atoms with van der Waals surface area (Å²) in [5.41, 5.74) is 0.370. The van der Waals surface area contributed by atoms with Crippen LogP contribution in [-0.2, 0) is 4.74 Å². The minimum absolute atomic E-state index is 0. The Morgan fingerprint density at radius 2 is 1.67 bits per heavy atom. The first kappa shape index (κ1) is 14.8. The maximum atomic E-state index is 11.1. The predicted molar refractivity (Wildman–Crippen MR) is 46.7 cm³/mol. The summed E-state index contributed by atoms with van der Waals surface area (Å²) in [5, 5.41) is 10.4. The quantitative estimate of drug-likeness (QED) is 0.418. The van der Waals surface area contributed by atoms with Crippen LogP contribution in [0.25, 0.3) is 0 Å². The van der Waals surface area contributed by atoms with Crippen molar-refractivity contribution in [1.82, 2.24) is 0 Å². The van der Waals surface area contributed by atoms with Crippen molar-refractivity contribution in [3.8, 4) is 0 Å². The topological polar surface area (TPSA) is 66.4 Å². The smallest absolute Gasteiger partial charge is 0.545 e. The Balaban J connectivity index is 0.00000196. The molecule has 0 heterocycles. The van der Waals surface area contributed by atoms with Gasteiger partial charge < -0.3 is 14.6 Å². The summed E-state index contributed by atoms with van der Waals surface area (Å²) in [4.78, 5) is 21.5. The van der Waals surface area contributed by atoms with Crippen molar-refractivity contribution in [3.05, 3.63) is 35.4 Å². The van der Waals surface area contributed by atoms with Gasteiger partial charge in [0.05, 0.1) is 18.1 Å². The van der Waals surface area contributed by atoms with E-state index in [2.05, 4.69) is 0 Å². The van der Waals surface area contributed by atoms with Crippen LogP contribution < -0.4 is 56.5 Å². The summed E-state index contributed by atoms with van der Waals surface area (Å²) in [5.74, 6) is -1.72. The average Bonchev–Trinajstić information content (AvgIpc) is 2.18. The Morgan fingerprint density at radius 1 is 1.20 bits per heavy atom. The first-order valence-electron chi connectivity index (χ1n) is 4.13. The van der Waals surface area contributed by atoms with Gasteiger partial charge in [-0.15, -0.1) is 0 Å². The second-order valence-corrected chi connectivity index (χ2v) is 2.59. The fourth-order valence-electron chi connectivity index (χ4n) is 0.957. The number of aromatic carboxylic acids is 1. The zero-order chi connectivity index (χ0) is 10.6. The fourth-order valence-corrected chi connectivity index (χ4v) is 0.957. The molecule has 5 heteroatoms. The van der Waals surface area contributed by atoms with E-state index in [1.165, 1.54) is 24.3 Å². The third-order valence-corrected chi connectivity index (χ3v) is 1.63. The Labute approximate surface area is 130 Å². The molecule has 0 radical (unpaired) electrons. The van der Waals surface area contributed by atoms with Gasteiger partial charge in [-0.1, -0.05) is 12.1 Å². The van der Waals surface area contributed by atoms with E-state index in [1.807, 2.05) is 0 Å². The molecule has 0 aromatic heterocycles. The molecular weight excluding hydrogens is 223 g/mol. The van der Waals surface area contributed by atoms with Crippen molar-refractivity contribution in [2.75, 3.05) is 6.61 Å². The van der Waals surface area contributed by atoms with Crippen LogP contribution in [0, 0.1) is 0 Å². The standard InChI is InChI=1S/C10H10O4.K/c1-2-14-10(13)8-5-3-7(4-6-8)9(11)12;/h3-6H,2H2,1H3,(H,11,12);/q;+1/p-1. The molecule has 0 saturated carbocycles. The molecule has 4 nitrogen and oxygen atoms in total. The van der Waals surface area contributed by atoms with E-state index in [4.69, 9.17) is 4.74 Å². The molecule has 0 fully saturated rings. The van der Waals surface area contributed by atoms with E-state index in [-0.39, 0.29) is 56.9 Å². The summed E-state index contributed by atoms with van der Waals surface area (Å²) in [7, 11) is 0. The summed E-state index contributed by atoms with van der Waals surface area (Å²) >= 11 is 0. The molecule has 0 unspecified atom stereocenters. The molecule has 1 rings (SSSR count). The summed E-state index contributed by atoms with van der Waals surface area (Å²) < 4.78 is 4.73. The molecule has 0 amide bonds. The number of carboxylic acids is 1. The number of carbonyl (C=O) groups excluding carboxylic acids is 2. The SMILES string of the molecule is CCOC(=O)c1ccc(C(=O)[O-])cc1.[K+]. The molecule has 0 spiro atoms. The van der Waals surface area contributed by atoms with Gasteiger partial charge in [0.25, 0.3) is 0 Å². The maximum Gasteiger partial charge on any atom is 1.00 e. The van der Waals surface area contributed by atoms with Crippen molar-refractivity contribution >= 4 is 11.9 Å². The monoisotopic (exact) mass is 232 g/mol. The number of esters is 1. The first-order chi connectivity index (χ1) is 6.65. The maximum absolute atomic E-state index is 11.1. The molecule has 0 N–H and O–H groups in total. The molecule has 0 aliphatic carbocycles. The zero-order valence-corrected chi connectivity index (χ0v) is 11.8. The zero-order valence-electron chi connectivity index (χ0n) is 8.65. The summed E-state index contributed by atoms with van der Waals surface area (Å²) in [6.45, 7) is 1.99. The largest absolute Gasteiger partial charge is 1.00 e. The third-order valence-electron chi connectivity index (χ3n) is 1.63. The van der Waals surface area contributed by atoms with E-state index >= 15 is 0 Å². The minimum Gasteiger partial charge on any atom is -0.545 e. The minimum atomic E-state index is -1.26. The molecule has 1 aromatic rings. The Morgan fingerprint density at radius 3 is 2.07 bits per heavy atom. The number of benzene rings is 1. The fraction of sp³-hybridized carbons (Fsp3) is 0.200. The molecule has 1 aromatic carbocycles. The normalized spacial score (nSPS) is 8.87. The molecule has 15 heavy (non-hydrogen) atoms. The number of rotatable bonds is 3. The molecular formula is C10H9KO4. The van der Waals surface area contributed by atoms with Crippen LogP contribution in [0.4, 0.5) is 0 Å². The van der Waals surface area contributed by atoms with E-state index in [9.17, 15) is 14.7 Å². The van der Waals surface area contributed by atoms with Gasteiger partial charge in [0.15, 0.2) is 0 Å². The molecule has 0 atom stereocenters. The second kappa shape index (κ2) is 7.13. The predicted octanol–water partition coefficient (Wildman–Crippen LogP) is -2.77. The van der Waals surface area contributed by atoms with Gasteiger partial charge in [-0.2, -0.15) is 0 Å². The van der Waals surface area contributed by atoms with Crippen LogP contribution in [0.15, 0.2) is 24.3 Å². The van der Waals surface area contributed by atoms with Gasteiger partial charge >= 0.3 is 57.4 Å². The number of hydrogen-bond acceptors (Lipinski definition) is 4. The summed E-state index contributed by atoms with van der Waals surface area (Å²) in [6, 6.07) is 5.40. The van der Waals surface area contributed by atoms with Gasteiger partial charge in [-0.25, -0.2) is 4.79 Å². The van der Waals surface area contributed by atoms with Gasteiger partial charge in [-0.05, 0) is 24.6 Å². The van der Waals surface area contributed by atoms with Crippen molar-refractivity contribution in [2.24, 2.45) is 0 Å². The van der Waals surface area contributed by atoms with Crippen molar-refractivity contribution in [1.29, 1.82) is 0 Å². The van der Waals surface area contributed by atoms with Crippen LogP contribution >= 0.6 is 0 Å². The van der Waals surface area contributed by atoms with Gasteiger partial charge in [-0.3, -0.25) is 0 Å². The molecule has 0 aliphatic rings. The number of carbonyl (C=O) groups is 2. The van der Waals surface area contributed by atoms with Gasteiger partial charge in [0, 0.05) is 0 Å². The summed E-state index contributed by atoms with van der Waals surface area (Å²) in [6.07, 6.45) is 0. The van der Waals surface area contributed by atoms with Gasteiger partial charge in [0.1, 0.15) is 0 Å². The van der Waals surface area contributed by atoms with E-state index in [1.54, 1.807) is 6.92 Å². The second-order valence-electron chi connectivity index (χ2n) is 2.59. The van der Waals surface area contributed by atoms with Crippen molar-refractivity contribution < 1.29 is 70.8 Å².